The summed E-state index contributed by atoms with van der Waals surface area (Å²) in [7, 11) is 0. The monoisotopic (exact) mass is 349 g/mol. The van der Waals surface area contributed by atoms with Crippen LogP contribution in [0.3, 0.4) is 0 Å². The van der Waals surface area contributed by atoms with Crippen molar-refractivity contribution in [2.75, 3.05) is 30.0 Å². The van der Waals surface area contributed by atoms with Crippen molar-refractivity contribution < 1.29 is 5.11 Å². The molecule has 2 N–H and O–H groups in total. The highest BCUT2D eigenvalue weighted by molar-refractivity contribution is 9.10. The fraction of sp³-hybridized carbons (Fsp3) is 0.667. The third-order valence-electron chi connectivity index (χ3n) is 2.43. The van der Waals surface area contributed by atoms with E-state index in [0.717, 1.165) is 36.6 Å². The number of hydrogen-bond donors (Lipinski definition) is 2. The molecule has 0 spiro atoms. The summed E-state index contributed by atoms with van der Waals surface area (Å²) in [6.45, 7) is 3.66. The van der Waals surface area contributed by atoms with E-state index in [-0.39, 0.29) is 12.2 Å². The van der Waals surface area contributed by atoms with Gasteiger partial charge in [0.25, 0.3) is 5.56 Å². The lowest BCUT2D eigenvalue weighted by Gasteiger charge is -2.09. The Morgan fingerprint density at radius 2 is 2.32 bits per heavy atom. The number of aromatic nitrogens is 2. The number of aliphatic hydroxyl groups is 1. The van der Waals surface area contributed by atoms with Crippen LogP contribution in [0.1, 0.15) is 19.8 Å². The maximum absolute atomic E-state index is 11.9. The van der Waals surface area contributed by atoms with E-state index in [4.69, 9.17) is 5.11 Å². The maximum atomic E-state index is 11.9. The third-order valence-corrected chi connectivity index (χ3v) is 4.27. The fourth-order valence-corrected chi connectivity index (χ4v) is 2.72. The second-order valence-electron chi connectivity index (χ2n) is 4.02. The fourth-order valence-electron chi connectivity index (χ4n) is 1.49. The summed E-state index contributed by atoms with van der Waals surface area (Å²) in [5.74, 6) is 1.89. The van der Waals surface area contributed by atoms with Crippen LogP contribution in [0.2, 0.25) is 0 Å². The molecule has 1 heterocycles. The summed E-state index contributed by atoms with van der Waals surface area (Å²) in [5, 5.41) is 16.0. The molecule has 0 radical (unpaired) electrons. The summed E-state index contributed by atoms with van der Waals surface area (Å²) in [4.78, 5) is 11.9. The van der Waals surface area contributed by atoms with Gasteiger partial charge in [-0.1, -0.05) is 6.92 Å². The molecule has 0 aliphatic heterocycles. The SMILES string of the molecule is CCCn1ncc(NCCSCCCO)c(Br)c1=O. The summed E-state index contributed by atoms with van der Waals surface area (Å²) < 4.78 is 2.00. The highest BCUT2D eigenvalue weighted by Gasteiger charge is 2.07. The van der Waals surface area contributed by atoms with E-state index in [1.54, 1.807) is 18.0 Å². The molecule has 0 atom stereocenters. The average molecular weight is 350 g/mol. The van der Waals surface area contributed by atoms with Gasteiger partial charge in [0.15, 0.2) is 0 Å². The zero-order chi connectivity index (χ0) is 14.1. The predicted octanol–water partition coefficient (Wildman–Crippen LogP) is 1.94. The molecule has 7 heteroatoms. The van der Waals surface area contributed by atoms with Crippen molar-refractivity contribution in [1.29, 1.82) is 0 Å². The highest BCUT2D eigenvalue weighted by atomic mass is 79.9. The van der Waals surface area contributed by atoms with Gasteiger partial charge in [0, 0.05) is 25.4 Å². The molecule has 108 valence electrons. The molecular weight excluding hydrogens is 330 g/mol. The van der Waals surface area contributed by atoms with Crippen LogP contribution < -0.4 is 10.9 Å². The molecule has 0 saturated carbocycles. The first-order valence-electron chi connectivity index (χ1n) is 6.38. The molecule has 0 aliphatic rings. The minimum absolute atomic E-state index is 0.0974. The van der Waals surface area contributed by atoms with Crippen LogP contribution >= 0.6 is 27.7 Å². The molecule has 0 saturated heterocycles. The van der Waals surface area contributed by atoms with Gasteiger partial charge in [0.2, 0.25) is 0 Å². The van der Waals surface area contributed by atoms with E-state index in [1.165, 1.54) is 4.68 Å². The lowest BCUT2D eigenvalue weighted by molar-refractivity contribution is 0.296. The van der Waals surface area contributed by atoms with Crippen LogP contribution in [0.5, 0.6) is 0 Å². The first-order valence-corrected chi connectivity index (χ1v) is 8.33. The average Bonchev–Trinajstić information content (AvgIpc) is 2.41. The molecular formula is C12H20BrN3O2S. The summed E-state index contributed by atoms with van der Waals surface area (Å²) in [6.07, 6.45) is 3.39. The first kappa shape index (κ1) is 16.5. The van der Waals surface area contributed by atoms with Crippen molar-refractivity contribution in [2.24, 2.45) is 0 Å². The topological polar surface area (TPSA) is 67.2 Å². The van der Waals surface area contributed by atoms with Crippen LogP contribution in [0, 0.1) is 0 Å². The number of nitrogens with zero attached hydrogens (tertiary/aromatic N) is 2. The Balaban J connectivity index is 2.46. The summed E-state index contributed by atoms with van der Waals surface area (Å²) in [6, 6.07) is 0. The predicted molar refractivity (Wildman–Crippen MR) is 84.0 cm³/mol. The van der Waals surface area contributed by atoms with E-state index >= 15 is 0 Å². The van der Waals surface area contributed by atoms with Crippen molar-refractivity contribution in [3.05, 3.63) is 21.0 Å². The normalized spacial score (nSPS) is 10.7. The van der Waals surface area contributed by atoms with Gasteiger partial charge in [-0.15, -0.1) is 0 Å². The van der Waals surface area contributed by atoms with Crippen molar-refractivity contribution in [2.45, 2.75) is 26.3 Å². The molecule has 0 bridgehead atoms. The molecule has 1 rings (SSSR count). The Morgan fingerprint density at radius 1 is 1.53 bits per heavy atom. The molecule has 5 nitrogen and oxygen atoms in total. The molecule has 0 unspecified atom stereocenters. The molecule has 0 aromatic carbocycles. The smallest absolute Gasteiger partial charge is 0.283 e. The number of rotatable bonds is 9. The number of aliphatic hydroxyl groups excluding tert-OH is 1. The summed E-state index contributed by atoms with van der Waals surface area (Å²) in [5.41, 5.74) is 0.639. The highest BCUT2D eigenvalue weighted by Crippen LogP contribution is 2.16. The van der Waals surface area contributed by atoms with Gasteiger partial charge in [-0.05, 0) is 34.5 Å². The first-order chi connectivity index (χ1) is 9.20. The van der Waals surface area contributed by atoms with Crippen molar-refractivity contribution >= 4 is 33.4 Å². The van der Waals surface area contributed by atoms with Crippen molar-refractivity contribution in [3.8, 4) is 0 Å². The molecule has 0 fully saturated rings. The lowest BCUT2D eigenvalue weighted by atomic mass is 10.4. The zero-order valence-electron chi connectivity index (χ0n) is 11.1. The minimum atomic E-state index is -0.0974. The van der Waals surface area contributed by atoms with E-state index in [1.807, 2.05) is 6.92 Å². The van der Waals surface area contributed by atoms with E-state index in [2.05, 4.69) is 26.3 Å². The second-order valence-corrected chi connectivity index (χ2v) is 6.03. The number of hydrogen-bond acceptors (Lipinski definition) is 5. The largest absolute Gasteiger partial charge is 0.396 e. The van der Waals surface area contributed by atoms with Gasteiger partial charge in [-0.2, -0.15) is 16.9 Å². The Hall–Kier alpha value is -0.530. The van der Waals surface area contributed by atoms with Crippen molar-refractivity contribution in [1.82, 2.24) is 9.78 Å². The van der Waals surface area contributed by atoms with Crippen LogP contribution in [-0.2, 0) is 6.54 Å². The summed E-state index contributed by atoms with van der Waals surface area (Å²) >= 11 is 5.10. The quantitative estimate of drug-likeness (QED) is 0.667. The Kier molecular flexibility index (Phi) is 8.16. The van der Waals surface area contributed by atoms with Gasteiger partial charge in [-0.25, -0.2) is 4.68 Å². The number of thioether (sulfide) groups is 1. The molecule has 19 heavy (non-hydrogen) atoms. The van der Waals surface area contributed by atoms with Gasteiger partial charge >= 0.3 is 0 Å². The zero-order valence-corrected chi connectivity index (χ0v) is 13.5. The van der Waals surface area contributed by atoms with Crippen molar-refractivity contribution in [3.63, 3.8) is 0 Å². The van der Waals surface area contributed by atoms with Gasteiger partial charge in [0.1, 0.15) is 4.47 Å². The lowest BCUT2D eigenvalue weighted by Crippen LogP contribution is -2.24. The molecule has 0 amide bonds. The van der Waals surface area contributed by atoms with Gasteiger partial charge in [-0.3, -0.25) is 4.79 Å². The number of aryl methyl sites for hydroxylation is 1. The molecule has 1 aromatic heterocycles. The number of halogens is 1. The molecule has 0 aliphatic carbocycles. The minimum Gasteiger partial charge on any atom is -0.396 e. The Labute approximate surface area is 125 Å². The Morgan fingerprint density at radius 3 is 3.00 bits per heavy atom. The van der Waals surface area contributed by atoms with Crippen LogP contribution in [-0.4, -0.2) is 39.5 Å². The Bertz CT molecular complexity index is 439. The molecule has 1 aromatic rings. The van der Waals surface area contributed by atoms with E-state index < -0.39 is 0 Å². The third kappa shape index (κ3) is 5.54. The van der Waals surface area contributed by atoms with Gasteiger partial charge in [0.05, 0.1) is 11.9 Å². The van der Waals surface area contributed by atoms with Crippen LogP contribution in [0.25, 0.3) is 0 Å². The standard InChI is InChI=1S/C12H20BrN3O2S/c1-2-5-16-12(18)11(13)10(9-15-16)14-4-8-19-7-3-6-17/h9,14,17H,2-8H2,1H3. The maximum Gasteiger partial charge on any atom is 0.283 e. The van der Waals surface area contributed by atoms with E-state index in [0.29, 0.717) is 11.0 Å². The number of nitrogens with one attached hydrogen (secondary N) is 1. The second kappa shape index (κ2) is 9.39. The van der Waals surface area contributed by atoms with Gasteiger partial charge < -0.3 is 10.4 Å². The van der Waals surface area contributed by atoms with Crippen LogP contribution in [0.15, 0.2) is 15.5 Å². The van der Waals surface area contributed by atoms with Crippen LogP contribution in [0.4, 0.5) is 5.69 Å². The van der Waals surface area contributed by atoms with E-state index in [9.17, 15) is 4.79 Å². The number of anilines is 1.